The van der Waals surface area contributed by atoms with Gasteiger partial charge in [-0.3, -0.25) is 9.59 Å². The number of aromatic nitrogens is 3. The number of thiophene rings is 1. The average molecular weight is 448 g/mol. The molecule has 3 rings (SSSR count). The van der Waals surface area contributed by atoms with Crippen molar-refractivity contribution in [3.05, 3.63) is 39.5 Å². The number of aromatic amines is 1. The fourth-order valence-corrected chi connectivity index (χ4v) is 4.20. The largest absolute Gasteiger partial charge is 0.493 e. The summed E-state index contributed by atoms with van der Waals surface area (Å²) in [5.74, 6) is -3.58. The highest BCUT2D eigenvalue weighted by molar-refractivity contribution is 7.14. The van der Waals surface area contributed by atoms with Crippen LogP contribution in [-0.2, 0) is 9.59 Å². The van der Waals surface area contributed by atoms with Gasteiger partial charge >= 0.3 is 11.9 Å². The van der Waals surface area contributed by atoms with E-state index in [1.54, 1.807) is 19.2 Å². The van der Waals surface area contributed by atoms with Gasteiger partial charge in [-0.25, -0.2) is 9.78 Å². The van der Waals surface area contributed by atoms with Crippen LogP contribution >= 0.6 is 11.3 Å². The molecule has 3 aromatic rings. The minimum Gasteiger partial charge on any atom is -0.493 e. The van der Waals surface area contributed by atoms with Gasteiger partial charge in [0.1, 0.15) is 17.5 Å². The van der Waals surface area contributed by atoms with Crippen molar-refractivity contribution in [3.8, 4) is 5.88 Å². The minimum absolute atomic E-state index is 0.200. The first kappa shape index (κ1) is 22.2. The van der Waals surface area contributed by atoms with Gasteiger partial charge in [0, 0.05) is 23.4 Å². The number of aliphatic hydroxyl groups is 1. The Labute approximate surface area is 179 Å². The lowest BCUT2D eigenvalue weighted by molar-refractivity contribution is -0.140. The van der Waals surface area contributed by atoms with Crippen LogP contribution in [0.3, 0.4) is 0 Å². The maximum atomic E-state index is 12.5. The number of aromatic hydroxyl groups is 1. The predicted octanol–water partition coefficient (Wildman–Crippen LogP) is 1.21. The van der Waals surface area contributed by atoms with Crippen molar-refractivity contribution < 1.29 is 34.8 Å². The highest BCUT2D eigenvalue weighted by atomic mass is 32.1. The zero-order chi connectivity index (χ0) is 22.7. The molecule has 0 radical (unpaired) electrons. The molecule has 0 saturated heterocycles. The van der Waals surface area contributed by atoms with E-state index in [1.165, 1.54) is 6.07 Å². The molecule has 0 aliphatic rings. The van der Waals surface area contributed by atoms with E-state index in [1.807, 2.05) is 0 Å². The Morgan fingerprint density at radius 3 is 2.61 bits per heavy atom. The molecule has 0 spiro atoms. The van der Waals surface area contributed by atoms with Crippen LogP contribution in [0.5, 0.6) is 5.88 Å². The van der Waals surface area contributed by atoms with Crippen LogP contribution < -0.4 is 5.32 Å². The number of carboxylic acids is 2. The number of fused-ring (bicyclic) bond motifs is 1. The summed E-state index contributed by atoms with van der Waals surface area (Å²) in [6.07, 6.45) is 0.957. The lowest BCUT2D eigenvalue weighted by Crippen LogP contribution is -2.40. The maximum Gasteiger partial charge on any atom is 0.326 e. The molecule has 12 heteroatoms. The molecule has 31 heavy (non-hydrogen) atoms. The predicted molar refractivity (Wildman–Crippen MR) is 109 cm³/mol. The number of hydrogen-bond acceptors (Lipinski definition) is 8. The van der Waals surface area contributed by atoms with E-state index in [0.29, 0.717) is 27.3 Å². The summed E-state index contributed by atoms with van der Waals surface area (Å²) in [4.78, 5) is 46.4. The second-order valence-corrected chi connectivity index (χ2v) is 7.91. The quantitative estimate of drug-likeness (QED) is 0.280. The molecule has 164 valence electrons. The number of carbonyl (C=O) groups is 3. The SMILES string of the molecule is Cc1nc(O)c2c(C(CO)c3ccc(C(=O)N[C@@H](CCC(=O)O)C(=O)O)s3)c[nH]c2n1. The Morgan fingerprint density at radius 1 is 1.23 bits per heavy atom. The van der Waals surface area contributed by atoms with Gasteiger partial charge in [-0.2, -0.15) is 4.98 Å². The number of H-pyrrole nitrogens is 1. The smallest absolute Gasteiger partial charge is 0.326 e. The highest BCUT2D eigenvalue weighted by Crippen LogP contribution is 2.36. The third-order valence-corrected chi connectivity index (χ3v) is 5.85. The van der Waals surface area contributed by atoms with Gasteiger partial charge in [0.15, 0.2) is 0 Å². The second-order valence-electron chi connectivity index (χ2n) is 6.80. The number of rotatable bonds is 9. The van der Waals surface area contributed by atoms with Gasteiger partial charge in [-0.05, 0) is 31.0 Å². The fourth-order valence-electron chi connectivity index (χ4n) is 3.18. The van der Waals surface area contributed by atoms with Crippen LogP contribution in [0.25, 0.3) is 11.0 Å². The Balaban J connectivity index is 1.84. The van der Waals surface area contributed by atoms with Gasteiger partial charge < -0.3 is 30.7 Å². The van der Waals surface area contributed by atoms with Crippen molar-refractivity contribution >= 4 is 40.2 Å². The van der Waals surface area contributed by atoms with Gasteiger partial charge in [0.25, 0.3) is 5.91 Å². The number of carbonyl (C=O) groups excluding carboxylic acids is 1. The van der Waals surface area contributed by atoms with Crippen molar-refractivity contribution in [2.24, 2.45) is 0 Å². The van der Waals surface area contributed by atoms with Crippen molar-refractivity contribution in [3.63, 3.8) is 0 Å². The van der Waals surface area contributed by atoms with Crippen LogP contribution in [-0.4, -0.2) is 65.9 Å². The Bertz CT molecular complexity index is 1140. The third-order valence-electron chi connectivity index (χ3n) is 4.66. The molecule has 11 nitrogen and oxygen atoms in total. The minimum atomic E-state index is -1.34. The summed E-state index contributed by atoms with van der Waals surface area (Å²) >= 11 is 1.05. The monoisotopic (exact) mass is 448 g/mol. The number of aliphatic hydroxyl groups excluding tert-OH is 1. The first-order chi connectivity index (χ1) is 14.7. The van der Waals surface area contributed by atoms with Gasteiger partial charge in [0.05, 0.1) is 16.9 Å². The first-order valence-electron chi connectivity index (χ1n) is 9.21. The number of hydrogen-bond donors (Lipinski definition) is 6. The fraction of sp³-hybridized carbons (Fsp3) is 0.316. The van der Waals surface area contributed by atoms with E-state index in [9.17, 15) is 29.7 Å². The van der Waals surface area contributed by atoms with Crippen LogP contribution in [0.15, 0.2) is 18.3 Å². The van der Waals surface area contributed by atoms with E-state index in [2.05, 4.69) is 20.3 Å². The standard InChI is InChI=1S/C19H20N4O7S/c1-8-21-16-15(18(28)22-8)9(6-20-16)10(7-24)12-3-4-13(31-12)17(27)23-11(19(29)30)2-5-14(25)26/h3-4,6,10-11,24H,2,5,7H2,1H3,(H,23,27)(H,25,26)(H,29,30)(H2,20,21,22,28)/t10?,11-/m0/s1. The van der Waals surface area contributed by atoms with E-state index < -0.39 is 36.2 Å². The maximum absolute atomic E-state index is 12.5. The molecule has 0 aromatic carbocycles. The van der Waals surface area contributed by atoms with E-state index in [-0.39, 0.29) is 23.8 Å². The van der Waals surface area contributed by atoms with Crippen LogP contribution in [0, 0.1) is 6.92 Å². The zero-order valence-corrected chi connectivity index (χ0v) is 17.1. The van der Waals surface area contributed by atoms with Crippen LogP contribution in [0.1, 0.15) is 44.7 Å². The molecular formula is C19H20N4O7S. The van der Waals surface area contributed by atoms with Crippen molar-refractivity contribution in [2.45, 2.75) is 31.7 Å². The Kier molecular flexibility index (Phi) is 6.51. The molecule has 0 fully saturated rings. The number of nitrogens with one attached hydrogen (secondary N) is 2. The molecular weight excluding hydrogens is 428 g/mol. The van der Waals surface area contributed by atoms with E-state index in [0.717, 1.165) is 11.3 Å². The molecule has 3 heterocycles. The molecule has 1 amide bonds. The molecule has 2 atom stereocenters. The second kappa shape index (κ2) is 9.10. The van der Waals surface area contributed by atoms with Crippen LogP contribution in [0.2, 0.25) is 0 Å². The third kappa shape index (κ3) is 4.81. The highest BCUT2D eigenvalue weighted by Gasteiger charge is 2.25. The topological polar surface area (TPSA) is 186 Å². The van der Waals surface area contributed by atoms with E-state index in [4.69, 9.17) is 5.11 Å². The molecule has 0 aliphatic heterocycles. The number of nitrogens with zero attached hydrogens (tertiary/aromatic N) is 2. The van der Waals surface area contributed by atoms with Crippen molar-refractivity contribution in [2.75, 3.05) is 6.61 Å². The Morgan fingerprint density at radius 2 is 1.97 bits per heavy atom. The molecule has 6 N–H and O–H groups in total. The molecule has 3 aromatic heterocycles. The van der Waals surface area contributed by atoms with Gasteiger partial charge in [0.2, 0.25) is 5.88 Å². The summed E-state index contributed by atoms with van der Waals surface area (Å²) in [6, 6.07) is 1.77. The molecule has 0 saturated carbocycles. The molecule has 0 aliphatic carbocycles. The van der Waals surface area contributed by atoms with Crippen molar-refractivity contribution in [1.82, 2.24) is 20.3 Å². The lowest BCUT2D eigenvalue weighted by Gasteiger charge is -2.13. The lowest BCUT2D eigenvalue weighted by atomic mass is 9.99. The molecule has 0 bridgehead atoms. The Hall–Kier alpha value is -3.51. The number of aryl methyl sites for hydroxylation is 1. The van der Waals surface area contributed by atoms with Gasteiger partial charge in [-0.15, -0.1) is 11.3 Å². The zero-order valence-electron chi connectivity index (χ0n) is 16.3. The number of aliphatic carboxylic acids is 2. The van der Waals surface area contributed by atoms with Crippen molar-refractivity contribution in [1.29, 1.82) is 0 Å². The number of amides is 1. The number of carboxylic acid groups (broad SMARTS) is 2. The van der Waals surface area contributed by atoms with Gasteiger partial charge in [-0.1, -0.05) is 0 Å². The summed E-state index contributed by atoms with van der Waals surface area (Å²) < 4.78 is 0. The summed E-state index contributed by atoms with van der Waals surface area (Å²) in [6.45, 7) is 1.31. The van der Waals surface area contributed by atoms with E-state index >= 15 is 0 Å². The first-order valence-corrected chi connectivity index (χ1v) is 10.0. The average Bonchev–Trinajstić information content (AvgIpc) is 3.33. The molecule has 1 unspecified atom stereocenters. The normalized spacial score (nSPS) is 13.1. The summed E-state index contributed by atoms with van der Waals surface area (Å²) in [5.41, 5.74) is 0.962. The van der Waals surface area contributed by atoms with Crippen LogP contribution in [0.4, 0.5) is 0 Å². The summed E-state index contributed by atoms with van der Waals surface area (Å²) in [5, 5.41) is 40.8. The summed E-state index contributed by atoms with van der Waals surface area (Å²) in [7, 11) is 0.